The molecule has 0 aliphatic heterocycles. The Morgan fingerprint density at radius 3 is 2.20 bits per heavy atom. The largest absolute Gasteiger partial charge is 0.358 e. The summed E-state index contributed by atoms with van der Waals surface area (Å²) in [4.78, 5) is 0. The maximum atomic E-state index is 5.23. The summed E-state index contributed by atoms with van der Waals surface area (Å²) in [5, 5.41) is 7.03. The van der Waals surface area contributed by atoms with Crippen LogP contribution in [-0.2, 0) is 0 Å². The lowest BCUT2D eigenvalue weighted by atomic mass is 10.1. The average Bonchev–Trinajstić information content (AvgIpc) is 2.38. The number of hydrogen-bond acceptors (Lipinski definition) is 2. The van der Waals surface area contributed by atoms with Crippen molar-refractivity contribution in [2.75, 3.05) is 11.9 Å². The highest BCUT2D eigenvalue weighted by atomic mass is 32.1. The summed E-state index contributed by atoms with van der Waals surface area (Å²) in [6, 6.07) is 4.23. The lowest BCUT2D eigenvalue weighted by Gasteiger charge is -2.17. The molecule has 108 valence electrons. The second-order valence-electron chi connectivity index (χ2n) is 4.48. The molecule has 0 aliphatic carbocycles. The van der Waals surface area contributed by atoms with Crippen LogP contribution in [0.5, 0.6) is 0 Å². The van der Waals surface area contributed by atoms with E-state index in [-0.39, 0.29) is 0 Å². The Labute approximate surface area is 131 Å². The molecule has 0 fully saturated rings. The Hall–Kier alpha value is -1.66. The molecule has 1 rings (SSSR count). The highest BCUT2D eigenvalue weighted by molar-refractivity contribution is 7.80. The van der Waals surface area contributed by atoms with Gasteiger partial charge in [0.05, 0.1) is 0 Å². The van der Waals surface area contributed by atoms with Crippen molar-refractivity contribution in [3.63, 3.8) is 0 Å². The first kappa shape index (κ1) is 16.4. The van der Waals surface area contributed by atoms with Crippen molar-refractivity contribution in [2.45, 2.75) is 20.8 Å². The van der Waals surface area contributed by atoms with E-state index in [1.807, 2.05) is 0 Å². The first-order valence-electron chi connectivity index (χ1n) is 6.23. The summed E-state index contributed by atoms with van der Waals surface area (Å²) in [6.45, 7) is 10.4. The first-order chi connectivity index (χ1) is 9.43. The zero-order valence-corrected chi connectivity index (χ0v) is 13.6. The van der Waals surface area contributed by atoms with E-state index in [4.69, 9.17) is 24.4 Å². The summed E-state index contributed by atoms with van der Waals surface area (Å²) >= 11 is 10.3. The molecule has 0 spiro atoms. The molecule has 0 aliphatic rings. The number of hydrogen-bond donors (Lipinski definition) is 4. The van der Waals surface area contributed by atoms with Crippen molar-refractivity contribution in [1.82, 2.24) is 16.2 Å². The molecular formula is C14H20N4S2. The van der Waals surface area contributed by atoms with E-state index in [9.17, 15) is 0 Å². The predicted molar refractivity (Wildman–Crippen MR) is 93.9 cm³/mol. The number of rotatable bonds is 3. The molecule has 0 bridgehead atoms. The fourth-order valence-corrected chi connectivity index (χ4v) is 2.13. The van der Waals surface area contributed by atoms with Crippen LogP contribution < -0.4 is 21.5 Å². The zero-order chi connectivity index (χ0) is 15.1. The van der Waals surface area contributed by atoms with Gasteiger partial charge in [0.15, 0.2) is 10.2 Å². The van der Waals surface area contributed by atoms with Gasteiger partial charge in [0.1, 0.15) is 0 Å². The number of aryl methyl sites for hydroxylation is 3. The minimum absolute atomic E-state index is 0.461. The summed E-state index contributed by atoms with van der Waals surface area (Å²) in [6.07, 6.45) is 1.73. The van der Waals surface area contributed by atoms with Crippen LogP contribution in [0, 0.1) is 20.8 Å². The van der Waals surface area contributed by atoms with Crippen LogP contribution in [0.15, 0.2) is 24.8 Å². The topological polar surface area (TPSA) is 48.1 Å². The molecule has 0 aromatic heterocycles. The smallest absolute Gasteiger partial charge is 0.189 e. The molecule has 6 heteroatoms. The Kier molecular flexibility index (Phi) is 6.41. The van der Waals surface area contributed by atoms with Gasteiger partial charge in [0.2, 0.25) is 0 Å². The zero-order valence-electron chi connectivity index (χ0n) is 12.0. The van der Waals surface area contributed by atoms with Gasteiger partial charge in [-0.15, -0.1) is 6.58 Å². The highest BCUT2D eigenvalue weighted by Gasteiger charge is 2.05. The van der Waals surface area contributed by atoms with Crippen molar-refractivity contribution in [2.24, 2.45) is 0 Å². The van der Waals surface area contributed by atoms with Crippen LogP contribution >= 0.6 is 24.4 Å². The van der Waals surface area contributed by atoms with Gasteiger partial charge in [-0.25, -0.2) is 0 Å². The molecule has 0 atom stereocenters. The Balaban J connectivity index is 2.55. The summed E-state index contributed by atoms with van der Waals surface area (Å²) in [5.41, 5.74) is 10.2. The highest BCUT2D eigenvalue weighted by Crippen LogP contribution is 2.21. The number of thiocarbonyl (C=S) groups is 2. The van der Waals surface area contributed by atoms with E-state index in [2.05, 4.69) is 61.0 Å². The average molecular weight is 308 g/mol. The second kappa shape index (κ2) is 7.81. The van der Waals surface area contributed by atoms with Crippen LogP contribution in [0.25, 0.3) is 0 Å². The molecule has 0 saturated heterocycles. The van der Waals surface area contributed by atoms with Gasteiger partial charge < -0.3 is 10.6 Å². The van der Waals surface area contributed by atoms with Gasteiger partial charge in [-0.1, -0.05) is 23.8 Å². The van der Waals surface area contributed by atoms with E-state index < -0.39 is 0 Å². The normalized spacial score (nSPS) is 9.55. The molecule has 4 nitrogen and oxygen atoms in total. The minimum Gasteiger partial charge on any atom is -0.358 e. The maximum absolute atomic E-state index is 5.23. The number of nitrogens with one attached hydrogen (secondary N) is 4. The van der Waals surface area contributed by atoms with Crippen LogP contribution in [0.1, 0.15) is 16.7 Å². The monoisotopic (exact) mass is 308 g/mol. The minimum atomic E-state index is 0.461. The third kappa shape index (κ3) is 5.14. The van der Waals surface area contributed by atoms with Gasteiger partial charge in [-0.3, -0.25) is 10.9 Å². The molecule has 4 N–H and O–H groups in total. The van der Waals surface area contributed by atoms with Crippen LogP contribution in [0.3, 0.4) is 0 Å². The predicted octanol–water partition coefficient (Wildman–Crippen LogP) is 2.46. The third-order valence-corrected chi connectivity index (χ3v) is 3.06. The van der Waals surface area contributed by atoms with Crippen molar-refractivity contribution in [3.8, 4) is 0 Å². The lowest BCUT2D eigenvalue weighted by Crippen LogP contribution is -2.48. The van der Waals surface area contributed by atoms with Crippen molar-refractivity contribution in [3.05, 3.63) is 41.5 Å². The van der Waals surface area contributed by atoms with Crippen LogP contribution in [0.4, 0.5) is 5.69 Å². The van der Waals surface area contributed by atoms with Gasteiger partial charge in [0.25, 0.3) is 0 Å². The Morgan fingerprint density at radius 1 is 1.10 bits per heavy atom. The van der Waals surface area contributed by atoms with Crippen molar-refractivity contribution < 1.29 is 0 Å². The fraction of sp³-hybridized carbons (Fsp3) is 0.286. The van der Waals surface area contributed by atoms with Gasteiger partial charge >= 0.3 is 0 Å². The van der Waals surface area contributed by atoms with Gasteiger partial charge in [-0.2, -0.15) is 0 Å². The molecule has 0 heterocycles. The number of benzene rings is 1. The molecule has 0 saturated carbocycles. The lowest BCUT2D eigenvalue weighted by molar-refractivity contribution is 0.839. The molecule has 1 aromatic rings. The van der Waals surface area contributed by atoms with Crippen molar-refractivity contribution in [1.29, 1.82) is 0 Å². The van der Waals surface area contributed by atoms with Crippen LogP contribution in [-0.4, -0.2) is 16.8 Å². The Morgan fingerprint density at radius 2 is 1.65 bits per heavy atom. The Bertz CT molecular complexity index is 503. The molecule has 1 aromatic carbocycles. The van der Waals surface area contributed by atoms with E-state index in [0.29, 0.717) is 16.8 Å². The quantitative estimate of drug-likeness (QED) is 0.391. The summed E-state index contributed by atoms with van der Waals surface area (Å²) < 4.78 is 0. The molecule has 0 unspecified atom stereocenters. The van der Waals surface area contributed by atoms with E-state index >= 15 is 0 Å². The number of anilines is 1. The van der Waals surface area contributed by atoms with Crippen LogP contribution in [0.2, 0.25) is 0 Å². The summed E-state index contributed by atoms with van der Waals surface area (Å²) in [5.74, 6) is 0. The number of hydrazine groups is 1. The molecule has 0 radical (unpaired) electrons. The van der Waals surface area contributed by atoms with E-state index in [0.717, 1.165) is 16.8 Å². The molecule has 0 amide bonds. The first-order valence-corrected chi connectivity index (χ1v) is 7.05. The standard InChI is InChI=1S/C14H20N4S2/c1-5-6-15-13(19)17-18-14(20)16-12-10(3)7-9(2)8-11(12)4/h5,7-8H,1,6H2,2-4H3,(H2,15,17,19)(H2,16,18,20). The third-order valence-electron chi connectivity index (χ3n) is 2.61. The SMILES string of the molecule is C=CCNC(=S)NNC(=S)Nc1c(C)cc(C)cc1C. The molecular weight excluding hydrogens is 288 g/mol. The van der Waals surface area contributed by atoms with Gasteiger partial charge in [0, 0.05) is 12.2 Å². The summed E-state index contributed by atoms with van der Waals surface area (Å²) in [7, 11) is 0. The van der Waals surface area contributed by atoms with E-state index in [1.54, 1.807) is 6.08 Å². The molecule has 20 heavy (non-hydrogen) atoms. The fourth-order valence-electron chi connectivity index (χ4n) is 1.84. The van der Waals surface area contributed by atoms with Crippen molar-refractivity contribution >= 4 is 40.3 Å². The van der Waals surface area contributed by atoms with E-state index in [1.165, 1.54) is 5.56 Å². The maximum Gasteiger partial charge on any atom is 0.189 e. The van der Waals surface area contributed by atoms with Gasteiger partial charge in [-0.05, 0) is 56.3 Å². The second-order valence-corrected chi connectivity index (χ2v) is 5.29.